The Hall–Kier alpha value is 0.552. The van der Waals surface area contributed by atoms with E-state index in [0.717, 1.165) is 0 Å². The summed E-state index contributed by atoms with van der Waals surface area (Å²) in [5, 5.41) is 0. The molecule has 0 N–H and O–H groups in total. The molecule has 0 bridgehead atoms. The average molecular weight is 136 g/mol. The molecule has 0 saturated carbocycles. The molecule has 0 atom stereocenters. The molecule has 3 nitrogen and oxygen atoms in total. The fourth-order valence-electron chi connectivity index (χ4n) is 0.0745. The molecular weight excluding hydrogens is 130 g/mol. The van der Waals surface area contributed by atoms with Crippen LogP contribution in [0.25, 0.3) is 0 Å². The van der Waals surface area contributed by atoms with Crippen LogP contribution in [0.4, 0.5) is 0 Å². The van der Waals surface area contributed by atoms with Crippen LogP contribution in [-0.4, -0.2) is 31.6 Å². The standard InChI is InChI=1S/C2H6O3P.Al/c1-4-6(3)5-2;/h1-2H3;/q+1;+3. The van der Waals surface area contributed by atoms with Gasteiger partial charge in [0.25, 0.3) is 0 Å². The predicted molar refractivity (Wildman–Crippen MR) is 27.4 cm³/mol. The molecule has 7 heavy (non-hydrogen) atoms. The van der Waals surface area contributed by atoms with Gasteiger partial charge in [0, 0.05) is 4.57 Å². The van der Waals surface area contributed by atoms with E-state index in [1.54, 1.807) is 0 Å². The van der Waals surface area contributed by atoms with Crippen molar-refractivity contribution < 1.29 is 13.6 Å². The molecule has 0 fully saturated rings. The third kappa shape index (κ3) is 6.55. The van der Waals surface area contributed by atoms with Crippen LogP contribution in [-0.2, 0) is 13.6 Å². The van der Waals surface area contributed by atoms with Crippen molar-refractivity contribution in [1.29, 1.82) is 0 Å². The Morgan fingerprint density at radius 1 is 1.29 bits per heavy atom. The maximum atomic E-state index is 9.88. The van der Waals surface area contributed by atoms with Gasteiger partial charge >= 0.3 is 25.6 Å². The molecule has 0 unspecified atom stereocenters. The van der Waals surface area contributed by atoms with E-state index in [1.165, 1.54) is 14.2 Å². The molecule has 0 spiro atoms. The summed E-state index contributed by atoms with van der Waals surface area (Å²) in [5.74, 6) is 0. The molecule has 0 heterocycles. The Balaban J connectivity index is 0. The van der Waals surface area contributed by atoms with Crippen LogP contribution < -0.4 is 0 Å². The molecule has 0 aromatic rings. The van der Waals surface area contributed by atoms with Gasteiger partial charge in [-0.25, -0.2) is 0 Å². The van der Waals surface area contributed by atoms with Crippen LogP contribution in [0.2, 0.25) is 0 Å². The Kier molecular flexibility index (Phi) is 9.85. The second kappa shape index (κ2) is 6.55. The van der Waals surface area contributed by atoms with Crippen molar-refractivity contribution in [2.24, 2.45) is 0 Å². The van der Waals surface area contributed by atoms with Crippen molar-refractivity contribution in [2.75, 3.05) is 14.2 Å². The van der Waals surface area contributed by atoms with E-state index < -0.39 is 8.25 Å². The topological polar surface area (TPSA) is 35.5 Å². The van der Waals surface area contributed by atoms with Crippen LogP contribution in [0.15, 0.2) is 0 Å². The average Bonchev–Trinajstić information content (AvgIpc) is 1.65. The van der Waals surface area contributed by atoms with E-state index in [-0.39, 0.29) is 17.4 Å². The number of hydrogen-bond donors (Lipinski definition) is 0. The molecule has 36 valence electrons. The van der Waals surface area contributed by atoms with Crippen LogP contribution >= 0.6 is 8.25 Å². The van der Waals surface area contributed by atoms with Crippen molar-refractivity contribution in [1.82, 2.24) is 0 Å². The first-order valence-electron chi connectivity index (χ1n) is 1.36. The van der Waals surface area contributed by atoms with Crippen molar-refractivity contribution in [3.63, 3.8) is 0 Å². The second-order valence-corrected chi connectivity index (χ2v) is 1.77. The molecule has 0 radical (unpaired) electrons. The van der Waals surface area contributed by atoms with Crippen molar-refractivity contribution in [2.45, 2.75) is 0 Å². The third-order valence-electron chi connectivity index (χ3n) is 0.298. The molecule has 0 aromatic heterocycles. The zero-order chi connectivity index (χ0) is 4.99. The number of hydrogen-bond acceptors (Lipinski definition) is 3. The van der Waals surface area contributed by atoms with Gasteiger partial charge in [-0.15, -0.1) is 9.05 Å². The first kappa shape index (κ1) is 10.5. The molecule has 0 aromatic carbocycles. The zero-order valence-electron chi connectivity index (χ0n) is 4.25. The van der Waals surface area contributed by atoms with E-state index in [4.69, 9.17) is 0 Å². The first-order valence-corrected chi connectivity index (χ1v) is 2.46. The zero-order valence-corrected chi connectivity index (χ0v) is 6.30. The monoisotopic (exact) mass is 136 g/mol. The summed E-state index contributed by atoms with van der Waals surface area (Å²) in [4.78, 5) is 0. The normalized spacial score (nSPS) is 7.14. The van der Waals surface area contributed by atoms with Crippen molar-refractivity contribution in [3.8, 4) is 0 Å². The van der Waals surface area contributed by atoms with Gasteiger partial charge in [0.2, 0.25) is 0 Å². The minimum absolute atomic E-state index is 0. The number of rotatable bonds is 2. The van der Waals surface area contributed by atoms with Crippen LogP contribution in [0, 0.1) is 0 Å². The quantitative estimate of drug-likeness (QED) is 0.411. The van der Waals surface area contributed by atoms with E-state index in [0.29, 0.717) is 0 Å². The molecule has 0 saturated heterocycles. The third-order valence-corrected chi connectivity index (χ3v) is 0.894. The molecule has 0 aliphatic carbocycles. The largest absolute Gasteiger partial charge is 3.00 e. The van der Waals surface area contributed by atoms with Crippen LogP contribution in [0.3, 0.4) is 0 Å². The summed E-state index contributed by atoms with van der Waals surface area (Å²) in [5.41, 5.74) is 0. The molecule has 5 heteroatoms. The van der Waals surface area contributed by atoms with Gasteiger partial charge in [0.1, 0.15) is 0 Å². The molecule has 0 rings (SSSR count). The van der Waals surface area contributed by atoms with Gasteiger partial charge in [-0.1, -0.05) is 0 Å². The van der Waals surface area contributed by atoms with Crippen molar-refractivity contribution >= 4 is 25.6 Å². The van der Waals surface area contributed by atoms with Crippen LogP contribution in [0.1, 0.15) is 0 Å². The smallest absolute Gasteiger partial charge is 0.122 e. The Labute approximate surface area is 54.1 Å². The van der Waals surface area contributed by atoms with Gasteiger partial charge in [0.05, 0.1) is 14.2 Å². The Bertz CT molecular complexity index is 50.9. The Morgan fingerprint density at radius 2 is 1.57 bits per heavy atom. The van der Waals surface area contributed by atoms with Gasteiger partial charge in [-0.2, -0.15) is 0 Å². The summed E-state index contributed by atoms with van der Waals surface area (Å²) in [6, 6.07) is 0. The summed E-state index contributed by atoms with van der Waals surface area (Å²) >= 11 is 0. The molecular formula is C2H6AlO3P+4. The maximum absolute atomic E-state index is 9.88. The van der Waals surface area contributed by atoms with E-state index in [1.807, 2.05) is 0 Å². The van der Waals surface area contributed by atoms with E-state index >= 15 is 0 Å². The summed E-state index contributed by atoms with van der Waals surface area (Å²) in [7, 11) is 0.817. The summed E-state index contributed by atoms with van der Waals surface area (Å²) in [6.07, 6.45) is 0. The molecule has 0 aliphatic heterocycles. The predicted octanol–water partition coefficient (Wildman–Crippen LogP) is 0.556. The van der Waals surface area contributed by atoms with Gasteiger partial charge in [-0.05, 0) is 0 Å². The minimum Gasteiger partial charge on any atom is -0.122 e. The van der Waals surface area contributed by atoms with Gasteiger partial charge in [-0.3, -0.25) is 0 Å². The summed E-state index contributed by atoms with van der Waals surface area (Å²) < 4.78 is 18.3. The SMILES string of the molecule is CO[P+](=O)OC.[Al+3]. The second-order valence-electron chi connectivity index (χ2n) is 0.589. The van der Waals surface area contributed by atoms with Gasteiger partial charge < -0.3 is 0 Å². The molecule has 0 amide bonds. The maximum Gasteiger partial charge on any atom is 3.00 e. The minimum atomic E-state index is -1.83. The van der Waals surface area contributed by atoms with E-state index in [9.17, 15) is 4.57 Å². The Morgan fingerprint density at radius 3 is 1.57 bits per heavy atom. The first-order chi connectivity index (χ1) is 2.81. The fraction of sp³-hybridized carbons (Fsp3) is 1.00. The van der Waals surface area contributed by atoms with Crippen molar-refractivity contribution in [3.05, 3.63) is 0 Å². The summed E-state index contributed by atoms with van der Waals surface area (Å²) in [6.45, 7) is 0. The molecule has 0 aliphatic rings. The van der Waals surface area contributed by atoms with Gasteiger partial charge in [0.15, 0.2) is 0 Å². The van der Waals surface area contributed by atoms with E-state index in [2.05, 4.69) is 9.05 Å². The fourth-order valence-corrected chi connectivity index (χ4v) is 0.224. The van der Waals surface area contributed by atoms with Crippen LogP contribution in [0.5, 0.6) is 0 Å².